The third-order valence-corrected chi connectivity index (χ3v) is 4.76. The van der Waals surface area contributed by atoms with Crippen molar-refractivity contribution in [2.24, 2.45) is 0 Å². The second-order valence-electron chi connectivity index (χ2n) is 5.52. The third-order valence-electron chi connectivity index (χ3n) is 3.37. The Morgan fingerprint density at radius 2 is 1.58 bits per heavy atom. The number of rotatable bonds is 4. The highest BCUT2D eigenvalue weighted by atomic mass is 32.2. The fourth-order valence-electron chi connectivity index (χ4n) is 2.10. The fraction of sp³-hybridized carbons (Fsp3) is 0.250. The molecule has 130 valence electrons. The minimum atomic E-state index is -4.55. The van der Waals surface area contributed by atoms with E-state index in [0.717, 1.165) is 18.2 Å². The summed E-state index contributed by atoms with van der Waals surface area (Å²) in [6, 6.07) is 6.96. The van der Waals surface area contributed by atoms with Crippen LogP contribution in [0.25, 0.3) is 0 Å². The average Bonchev–Trinajstić information content (AvgIpc) is 2.45. The molecule has 0 radical (unpaired) electrons. The van der Waals surface area contributed by atoms with Gasteiger partial charge in [0.05, 0.1) is 16.1 Å². The van der Waals surface area contributed by atoms with Gasteiger partial charge in [-0.05, 0) is 47.9 Å². The van der Waals surface area contributed by atoms with Gasteiger partial charge >= 0.3 is 6.18 Å². The number of anilines is 1. The third kappa shape index (κ3) is 4.05. The van der Waals surface area contributed by atoms with Crippen LogP contribution in [0.2, 0.25) is 0 Å². The van der Waals surface area contributed by atoms with Crippen LogP contribution in [0.15, 0.2) is 47.4 Å². The topological polar surface area (TPSA) is 46.2 Å². The van der Waals surface area contributed by atoms with Crippen molar-refractivity contribution in [3.63, 3.8) is 0 Å². The summed E-state index contributed by atoms with van der Waals surface area (Å²) in [5.41, 5.74) is -0.516. The standard InChI is InChI=1S/C16H15F4NO2S/c1-10(2)14-8-5-12(9-15(14)17)21-24(22,23)13-6-3-11(4-7-13)16(18,19)20/h3-10,21H,1-2H3. The summed E-state index contributed by atoms with van der Waals surface area (Å²) >= 11 is 0. The molecular weight excluding hydrogens is 346 g/mol. The van der Waals surface area contributed by atoms with Crippen molar-refractivity contribution in [1.29, 1.82) is 0 Å². The molecule has 0 bridgehead atoms. The summed E-state index contributed by atoms with van der Waals surface area (Å²) in [5.74, 6) is -0.622. The van der Waals surface area contributed by atoms with E-state index < -0.39 is 27.6 Å². The highest BCUT2D eigenvalue weighted by Gasteiger charge is 2.30. The normalized spacial score (nSPS) is 12.5. The number of hydrogen-bond acceptors (Lipinski definition) is 2. The Morgan fingerprint density at radius 1 is 1.00 bits per heavy atom. The van der Waals surface area contributed by atoms with Gasteiger partial charge in [-0.15, -0.1) is 0 Å². The molecule has 2 aromatic rings. The van der Waals surface area contributed by atoms with Crippen molar-refractivity contribution in [3.05, 3.63) is 59.4 Å². The summed E-state index contributed by atoms with van der Waals surface area (Å²) in [5, 5.41) is 0. The van der Waals surface area contributed by atoms with Crippen LogP contribution in [0.4, 0.5) is 23.2 Å². The molecule has 0 amide bonds. The molecule has 0 saturated heterocycles. The van der Waals surface area contributed by atoms with Crippen LogP contribution < -0.4 is 4.72 Å². The maximum absolute atomic E-state index is 13.9. The van der Waals surface area contributed by atoms with Gasteiger partial charge in [-0.1, -0.05) is 19.9 Å². The van der Waals surface area contributed by atoms with Gasteiger partial charge in [0.15, 0.2) is 0 Å². The van der Waals surface area contributed by atoms with Gasteiger partial charge in [0.25, 0.3) is 10.0 Å². The number of nitrogens with one attached hydrogen (secondary N) is 1. The van der Waals surface area contributed by atoms with Crippen LogP contribution in [0, 0.1) is 5.82 Å². The van der Waals surface area contributed by atoms with E-state index in [-0.39, 0.29) is 16.5 Å². The Balaban J connectivity index is 2.27. The smallest absolute Gasteiger partial charge is 0.280 e. The molecule has 0 saturated carbocycles. The number of sulfonamides is 1. The summed E-state index contributed by atoms with van der Waals surface area (Å²) < 4.78 is 77.9. The van der Waals surface area contributed by atoms with E-state index in [1.165, 1.54) is 12.1 Å². The SMILES string of the molecule is CC(C)c1ccc(NS(=O)(=O)c2ccc(C(F)(F)F)cc2)cc1F. The first-order chi connectivity index (χ1) is 11.0. The average molecular weight is 361 g/mol. The molecule has 0 atom stereocenters. The lowest BCUT2D eigenvalue weighted by molar-refractivity contribution is -0.137. The van der Waals surface area contributed by atoms with Crippen molar-refractivity contribution in [2.75, 3.05) is 4.72 Å². The quantitative estimate of drug-likeness (QED) is 0.798. The van der Waals surface area contributed by atoms with Crippen LogP contribution in [-0.4, -0.2) is 8.42 Å². The van der Waals surface area contributed by atoms with E-state index in [1.54, 1.807) is 13.8 Å². The fourth-order valence-corrected chi connectivity index (χ4v) is 3.15. The number of halogens is 4. The Kier molecular flexibility index (Phi) is 4.89. The first-order valence-electron chi connectivity index (χ1n) is 7.00. The summed E-state index contributed by atoms with van der Waals surface area (Å²) in [7, 11) is -4.11. The lowest BCUT2D eigenvalue weighted by Gasteiger charge is -2.12. The number of alkyl halides is 3. The maximum Gasteiger partial charge on any atom is 0.416 e. The van der Waals surface area contributed by atoms with E-state index in [4.69, 9.17) is 0 Å². The first-order valence-corrected chi connectivity index (χ1v) is 8.48. The van der Waals surface area contributed by atoms with Crippen molar-refractivity contribution < 1.29 is 26.0 Å². The second-order valence-corrected chi connectivity index (χ2v) is 7.20. The zero-order valence-electron chi connectivity index (χ0n) is 12.9. The Labute approximate surface area is 137 Å². The highest BCUT2D eigenvalue weighted by Crippen LogP contribution is 2.30. The summed E-state index contributed by atoms with van der Waals surface area (Å²) in [6.45, 7) is 3.59. The van der Waals surface area contributed by atoms with Crippen LogP contribution >= 0.6 is 0 Å². The molecule has 0 fully saturated rings. The van der Waals surface area contributed by atoms with E-state index in [9.17, 15) is 26.0 Å². The highest BCUT2D eigenvalue weighted by molar-refractivity contribution is 7.92. The molecule has 8 heteroatoms. The molecule has 0 spiro atoms. The van der Waals surface area contributed by atoms with E-state index in [0.29, 0.717) is 17.7 Å². The van der Waals surface area contributed by atoms with Crippen LogP contribution in [0.3, 0.4) is 0 Å². The number of benzene rings is 2. The number of hydrogen-bond donors (Lipinski definition) is 1. The Hall–Kier alpha value is -2.09. The van der Waals surface area contributed by atoms with Crippen molar-refractivity contribution >= 4 is 15.7 Å². The molecule has 1 N–H and O–H groups in total. The molecule has 0 unspecified atom stereocenters. The van der Waals surface area contributed by atoms with Gasteiger partial charge in [-0.3, -0.25) is 4.72 Å². The zero-order chi connectivity index (χ0) is 18.1. The van der Waals surface area contributed by atoms with Crippen LogP contribution in [0.5, 0.6) is 0 Å². The molecular formula is C16H15F4NO2S. The van der Waals surface area contributed by atoms with E-state index in [1.807, 2.05) is 0 Å². The van der Waals surface area contributed by atoms with Gasteiger partial charge in [-0.25, -0.2) is 12.8 Å². The van der Waals surface area contributed by atoms with Crippen molar-refractivity contribution in [1.82, 2.24) is 0 Å². The van der Waals surface area contributed by atoms with Crippen molar-refractivity contribution in [3.8, 4) is 0 Å². The second kappa shape index (κ2) is 6.43. The maximum atomic E-state index is 13.9. The van der Waals surface area contributed by atoms with Gasteiger partial charge in [0, 0.05) is 0 Å². The van der Waals surface area contributed by atoms with Crippen LogP contribution in [-0.2, 0) is 16.2 Å². The van der Waals surface area contributed by atoms with E-state index >= 15 is 0 Å². The largest absolute Gasteiger partial charge is 0.416 e. The molecule has 0 aliphatic carbocycles. The molecule has 2 aromatic carbocycles. The Morgan fingerprint density at radius 3 is 2.04 bits per heavy atom. The lowest BCUT2D eigenvalue weighted by atomic mass is 10.0. The van der Waals surface area contributed by atoms with Gasteiger partial charge in [0.2, 0.25) is 0 Å². The molecule has 0 heterocycles. The van der Waals surface area contributed by atoms with E-state index in [2.05, 4.69) is 4.72 Å². The molecule has 0 aliphatic heterocycles. The molecule has 24 heavy (non-hydrogen) atoms. The minimum Gasteiger partial charge on any atom is -0.280 e. The summed E-state index contributed by atoms with van der Waals surface area (Å²) in [6.07, 6.45) is -4.55. The predicted octanol–water partition coefficient (Wildman–Crippen LogP) is 4.77. The zero-order valence-corrected chi connectivity index (χ0v) is 13.7. The first kappa shape index (κ1) is 18.3. The molecule has 2 rings (SSSR count). The lowest BCUT2D eigenvalue weighted by Crippen LogP contribution is -2.14. The molecule has 0 aromatic heterocycles. The molecule has 0 aliphatic rings. The van der Waals surface area contributed by atoms with Gasteiger partial charge in [-0.2, -0.15) is 13.2 Å². The summed E-state index contributed by atoms with van der Waals surface area (Å²) in [4.78, 5) is -0.344. The van der Waals surface area contributed by atoms with Crippen LogP contribution in [0.1, 0.15) is 30.9 Å². The predicted molar refractivity (Wildman–Crippen MR) is 82.7 cm³/mol. The Bertz CT molecular complexity index is 828. The van der Waals surface area contributed by atoms with Gasteiger partial charge < -0.3 is 0 Å². The molecule has 3 nitrogen and oxygen atoms in total. The van der Waals surface area contributed by atoms with Gasteiger partial charge in [0.1, 0.15) is 5.82 Å². The minimum absolute atomic E-state index is 0.00296. The monoisotopic (exact) mass is 361 g/mol. The van der Waals surface area contributed by atoms with Crippen molar-refractivity contribution in [2.45, 2.75) is 30.8 Å².